The molecule has 0 aliphatic carbocycles. The lowest BCUT2D eigenvalue weighted by molar-refractivity contribution is -0.119. The van der Waals surface area contributed by atoms with E-state index in [4.69, 9.17) is 10.5 Å². The molecule has 19 heavy (non-hydrogen) atoms. The molecular weight excluding hydrogens is 244 g/mol. The smallest absolute Gasteiger partial charge is 0.248 e. The number of aromatic nitrogens is 2. The van der Waals surface area contributed by atoms with Gasteiger partial charge in [-0.15, -0.1) is 0 Å². The minimum absolute atomic E-state index is 0.159. The normalized spacial score (nSPS) is 11.9. The fraction of sp³-hybridized carbons (Fsp3) is 0.231. The van der Waals surface area contributed by atoms with E-state index < -0.39 is 6.04 Å². The highest BCUT2D eigenvalue weighted by Gasteiger charge is 2.15. The Balaban J connectivity index is 2.09. The van der Waals surface area contributed by atoms with Crippen molar-refractivity contribution in [3.63, 3.8) is 0 Å². The zero-order valence-corrected chi connectivity index (χ0v) is 10.8. The van der Waals surface area contributed by atoms with Crippen molar-refractivity contribution in [2.75, 3.05) is 18.2 Å². The number of methoxy groups -OCH3 is 1. The van der Waals surface area contributed by atoms with Crippen LogP contribution in [0.4, 0.5) is 11.4 Å². The Hall–Kier alpha value is -2.50. The zero-order chi connectivity index (χ0) is 13.8. The number of benzene rings is 1. The molecule has 0 spiro atoms. The van der Waals surface area contributed by atoms with Crippen molar-refractivity contribution >= 4 is 17.3 Å². The Morgan fingerprint density at radius 2 is 2.32 bits per heavy atom. The van der Waals surface area contributed by atoms with E-state index in [1.54, 1.807) is 55.4 Å². The number of ether oxygens (including phenoxy) is 1. The molecule has 6 nitrogen and oxygen atoms in total. The summed E-state index contributed by atoms with van der Waals surface area (Å²) in [6, 6.07) is 6.49. The number of nitrogens with one attached hydrogen (secondary N) is 1. The molecule has 1 atom stereocenters. The van der Waals surface area contributed by atoms with E-state index in [0.717, 1.165) is 0 Å². The summed E-state index contributed by atoms with van der Waals surface area (Å²) in [5.41, 5.74) is 6.89. The van der Waals surface area contributed by atoms with Gasteiger partial charge in [-0.05, 0) is 31.2 Å². The molecule has 6 heteroatoms. The van der Waals surface area contributed by atoms with E-state index in [1.165, 1.54) is 0 Å². The van der Waals surface area contributed by atoms with Gasteiger partial charge >= 0.3 is 0 Å². The standard InChI is InChI=1S/C13H16N4O2/c1-9(17-7-3-6-15-17)13(18)16-10-4-5-12(19-2)11(14)8-10/h3-9H,14H2,1-2H3,(H,16,18). The maximum atomic E-state index is 12.0. The lowest BCUT2D eigenvalue weighted by Crippen LogP contribution is -2.24. The average Bonchev–Trinajstić information content (AvgIpc) is 2.92. The molecule has 1 aromatic carbocycles. The van der Waals surface area contributed by atoms with Gasteiger partial charge in [0.2, 0.25) is 5.91 Å². The highest BCUT2D eigenvalue weighted by atomic mass is 16.5. The molecule has 0 saturated carbocycles. The van der Waals surface area contributed by atoms with Crippen molar-refractivity contribution in [2.24, 2.45) is 0 Å². The number of carbonyl (C=O) groups excluding carboxylic acids is 1. The topological polar surface area (TPSA) is 82.2 Å². The molecule has 0 bridgehead atoms. The van der Waals surface area contributed by atoms with Crippen LogP contribution in [0.2, 0.25) is 0 Å². The molecule has 2 rings (SSSR count). The van der Waals surface area contributed by atoms with Gasteiger partial charge in [0.1, 0.15) is 11.8 Å². The molecule has 1 amide bonds. The Labute approximate surface area is 111 Å². The van der Waals surface area contributed by atoms with Crippen LogP contribution in [0.25, 0.3) is 0 Å². The van der Waals surface area contributed by atoms with Crippen LogP contribution < -0.4 is 15.8 Å². The first-order valence-electron chi connectivity index (χ1n) is 5.85. The predicted octanol–water partition coefficient (Wildman–Crippen LogP) is 1.67. The van der Waals surface area contributed by atoms with Crippen molar-refractivity contribution in [1.29, 1.82) is 0 Å². The number of anilines is 2. The van der Waals surface area contributed by atoms with Crippen LogP contribution in [0.3, 0.4) is 0 Å². The van der Waals surface area contributed by atoms with Crippen LogP contribution in [-0.4, -0.2) is 22.8 Å². The van der Waals surface area contributed by atoms with Crippen molar-refractivity contribution < 1.29 is 9.53 Å². The van der Waals surface area contributed by atoms with Crippen LogP contribution in [0.5, 0.6) is 5.75 Å². The number of nitrogen functional groups attached to an aromatic ring is 1. The fourth-order valence-corrected chi connectivity index (χ4v) is 1.69. The van der Waals surface area contributed by atoms with E-state index in [-0.39, 0.29) is 5.91 Å². The van der Waals surface area contributed by atoms with Crippen molar-refractivity contribution in [3.05, 3.63) is 36.7 Å². The predicted molar refractivity (Wildman–Crippen MR) is 73.0 cm³/mol. The van der Waals surface area contributed by atoms with Gasteiger partial charge in [-0.25, -0.2) is 0 Å². The lowest BCUT2D eigenvalue weighted by Gasteiger charge is -2.13. The van der Waals surface area contributed by atoms with Gasteiger partial charge in [0.05, 0.1) is 12.8 Å². The summed E-state index contributed by atoms with van der Waals surface area (Å²) in [5, 5.41) is 6.82. The third-order valence-electron chi connectivity index (χ3n) is 2.80. The molecule has 0 aliphatic heterocycles. The number of hydrogen-bond donors (Lipinski definition) is 2. The van der Waals surface area contributed by atoms with E-state index in [1.807, 2.05) is 0 Å². The van der Waals surface area contributed by atoms with Gasteiger partial charge in [-0.1, -0.05) is 0 Å². The maximum Gasteiger partial charge on any atom is 0.248 e. The Kier molecular flexibility index (Phi) is 3.70. The monoisotopic (exact) mass is 260 g/mol. The highest BCUT2D eigenvalue weighted by molar-refractivity contribution is 5.94. The highest BCUT2D eigenvalue weighted by Crippen LogP contribution is 2.25. The summed E-state index contributed by atoms with van der Waals surface area (Å²) >= 11 is 0. The van der Waals surface area contributed by atoms with Crippen molar-refractivity contribution in [2.45, 2.75) is 13.0 Å². The first kappa shape index (κ1) is 12.9. The molecule has 0 radical (unpaired) electrons. The van der Waals surface area contributed by atoms with Crippen LogP contribution >= 0.6 is 0 Å². The zero-order valence-electron chi connectivity index (χ0n) is 10.8. The van der Waals surface area contributed by atoms with Gasteiger partial charge in [-0.3, -0.25) is 9.48 Å². The second-order valence-corrected chi connectivity index (χ2v) is 4.11. The molecule has 1 heterocycles. The fourth-order valence-electron chi connectivity index (χ4n) is 1.69. The Morgan fingerprint density at radius 1 is 1.53 bits per heavy atom. The van der Waals surface area contributed by atoms with E-state index >= 15 is 0 Å². The molecule has 1 unspecified atom stereocenters. The van der Waals surface area contributed by atoms with Crippen LogP contribution in [0.1, 0.15) is 13.0 Å². The summed E-state index contributed by atoms with van der Waals surface area (Å²) in [6.45, 7) is 1.77. The van der Waals surface area contributed by atoms with E-state index in [2.05, 4.69) is 10.4 Å². The molecule has 100 valence electrons. The summed E-state index contributed by atoms with van der Waals surface area (Å²) < 4.78 is 6.65. The third kappa shape index (κ3) is 2.85. The van der Waals surface area contributed by atoms with Crippen LogP contribution in [-0.2, 0) is 4.79 Å². The summed E-state index contributed by atoms with van der Waals surface area (Å²) in [4.78, 5) is 12.0. The maximum absolute atomic E-state index is 12.0. The summed E-state index contributed by atoms with van der Waals surface area (Å²) in [7, 11) is 1.55. The SMILES string of the molecule is COc1ccc(NC(=O)C(C)n2cccn2)cc1N. The van der Waals surface area contributed by atoms with E-state index in [0.29, 0.717) is 17.1 Å². The minimum atomic E-state index is -0.390. The second-order valence-electron chi connectivity index (χ2n) is 4.11. The molecule has 0 fully saturated rings. The largest absolute Gasteiger partial charge is 0.495 e. The molecule has 3 N–H and O–H groups in total. The van der Waals surface area contributed by atoms with E-state index in [9.17, 15) is 4.79 Å². The molecule has 0 saturated heterocycles. The number of nitrogens with two attached hydrogens (primary N) is 1. The first-order chi connectivity index (χ1) is 9.11. The second kappa shape index (κ2) is 5.43. The number of amides is 1. The summed E-state index contributed by atoms with van der Waals surface area (Å²) in [6.07, 6.45) is 3.38. The van der Waals surface area contributed by atoms with Gasteiger partial charge < -0.3 is 15.8 Å². The Bertz CT molecular complexity index is 566. The van der Waals surface area contributed by atoms with Gasteiger partial charge in [-0.2, -0.15) is 5.10 Å². The van der Waals surface area contributed by atoms with Crippen LogP contribution in [0, 0.1) is 0 Å². The molecule has 2 aromatic rings. The first-order valence-corrected chi connectivity index (χ1v) is 5.85. The minimum Gasteiger partial charge on any atom is -0.495 e. The molecular formula is C13H16N4O2. The third-order valence-corrected chi connectivity index (χ3v) is 2.80. The van der Waals surface area contributed by atoms with Crippen molar-refractivity contribution in [3.8, 4) is 5.75 Å². The number of nitrogens with zero attached hydrogens (tertiary/aromatic N) is 2. The summed E-state index contributed by atoms with van der Waals surface area (Å²) in [5.74, 6) is 0.423. The molecule has 0 aliphatic rings. The number of hydrogen-bond acceptors (Lipinski definition) is 4. The molecule has 1 aromatic heterocycles. The number of carbonyl (C=O) groups is 1. The average molecular weight is 260 g/mol. The van der Waals surface area contributed by atoms with Crippen LogP contribution in [0.15, 0.2) is 36.7 Å². The van der Waals surface area contributed by atoms with Gasteiger partial charge in [0, 0.05) is 18.1 Å². The van der Waals surface area contributed by atoms with Gasteiger partial charge in [0.15, 0.2) is 0 Å². The Morgan fingerprint density at radius 3 is 2.89 bits per heavy atom. The quantitative estimate of drug-likeness (QED) is 0.819. The lowest BCUT2D eigenvalue weighted by atomic mass is 10.2. The van der Waals surface area contributed by atoms with Crippen molar-refractivity contribution in [1.82, 2.24) is 9.78 Å². The number of rotatable bonds is 4. The van der Waals surface area contributed by atoms with Gasteiger partial charge in [0.25, 0.3) is 0 Å².